The Bertz CT molecular complexity index is 982. The molecule has 4 rings (SSSR count). The van der Waals surface area contributed by atoms with Crippen LogP contribution in [0.25, 0.3) is 6.08 Å². The van der Waals surface area contributed by atoms with Crippen LogP contribution in [0.4, 0.5) is 5.00 Å². The first kappa shape index (κ1) is 20.2. The van der Waals surface area contributed by atoms with E-state index < -0.39 is 5.97 Å². The zero-order valence-electron chi connectivity index (χ0n) is 15.6. The molecule has 0 spiro atoms. The van der Waals surface area contributed by atoms with Crippen LogP contribution in [0, 0.1) is 0 Å². The third-order valence-corrected chi connectivity index (χ3v) is 6.30. The number of carboxylic acid groups (broad SMARTS) is 1. The Balaban J connectivity index is 0.000000236. The van der Waals surface area contributed by atoms with E-state index in [-0.39, 0.29) is 5.92 Å². The molecule has 3 aromatic rings. The van der Waals surface area contributed by atoms with Crippen LogP contribution in [0.5, 0.6) is 0 Å². The number of anilines is 1. The first-order valence-electron chi connectivity index (χ1n) is 9.05. The second-order valence-electron chi connectivity index (χ2n) is 6.45. The molecule has 0 radical (unpaired) electrons. The van der Waals surface area contributed by atoms with E-state index in [9.17, 15) is 9.90 Å². The van der Waals surface area contributed by atoms with Gasteiger partial charge in [-0.3, -0.25) is 0 Å². The molecule has 1 aromatic heterocycles. The molecule has 0 saturated carbocycles. The summed E-state index contributed by atoms with van der Waals surface area (Å²) in [4.78, 5) is 11.6. The number of carboxylic acids is 1. The molecule has 28 heavy (non-hydrogen) atoms. The number of hydrogen-bond donors (Lipinski definition) is 2. The highest BCUT2D eigenvalue weighted by molar-refractivity contribution is 7.20. The number of rotatable bonds is 4. The van der Waals surface area contributed by atoms with Crippen LogP contribution in [0.1, 0.15) is 45.0 Å². The molecule has 1 heterocycles. The predicted molar refractivity (Wildman–Crippen MR) is 119 cm³/mol. The largest absolute Gasteiger partial charge is 0.478 e. The molecule has 1 unspecified atom stereocenters. The summed E-state index contributed by atoms with van der Waals surface area (Å²) in [6, 6.07) is 18.2. The average molecular weight is 412 g/mol. The second kappa shape index (κ2) is 9.09. The fourth-order valence-electron chi connectivity index (χ4n) is 3.56. The molecule has 0 aliphatic heterocycles. The van der Waals surface area contributed by atoms with Crippen molar-refractivity contribution in [2.45, 2.75) is 18.8 Å². The normalized spacial score (nSPS) is 14.6. The van der Waals surface area contributed by atoms with Gasteiger partial charge in [0.05, 0.1) is 9.90 Å². The molecule has 0 amide bonds. The van der Waals surface area contributed by atoms with Gasteiger partial charge in [0, 0.05) is 18.5 Å². The van der Waals surface area contributed by atoms with E-state index >= 15 is 0 Å². The van der Waals surface area contributed by atoms with E-state index in [4.69, 9.17) is 11.6 Å². The number of halogens is 1. The molecule has 1 aliphatic carbocycles. The average Bonchev–Trinajstić information content (AvgIpc) is 3.29. The number of nitrogens with one attached hydrogen (secondary N) is 1. The highest BCUT2D eigenvalue weighted by Crippen LogP contribution is 2.47. The third-order valence-electron chi connectivity index (χ3n) is 4.86. The summed E-state index contributed by atoms with van der Waals surface area (Å²) in [5, 5.41) is 13.1. The van der Waals surface area contributed by atoms with Gasteiger partial charge in [-0.1, -0.05) is 78.9 Å². The van der Waals surface area contributed by atoms with Crippen LogP contribution in [0.2, 0.25) is 4.34 Å². The summed E-state index contributed by atoms with van der Waals surface area (Å²) >= 11 is 7.64. The minimum atomic E-state index is -0.920. The van der Waals surface area contributed by atoms with Gasteiger partial charge < -0.3 is 10.4 Å². The highest BCUT2D eigenvalue weighted by atomic mass is 35.5. The quantitative estimate of drug-likeness (QED) is 0.511. The molecule has 0 bridgehead atoms. The van der Waals surface area contributed by atoms with Crippen LogP contribution in [-0.2, 0) is 6.42 Å². The van der Waals surface area contributed by atoms with Crippen molar-refractivity contribution in [3.05, 3.63) is 93.3 Å². The van der Waals surface area contributed by atoms with Gasteiger partial charge in [0.15, 0.2) is 0 Å². The van der Waals surface area contributed by atoms with Crippen molar-refractivity contribution in [1.29, 1.82) is 0 Å². The van der Waals surface area contributed by atoms with Crippen molar-refractivity contribution in [3.63, 3.8) is 0 Å². The van der Waals surface area contributed by atoms with Gasteiger partial charge >= 0.3 is 5.97 Å². The molecule has 5 heteroatoms. The maximum atomic E-state index is 11.6. The number of carbonyl (C=O) groups is 1. The number of benzene rings is 2. The van der Waals surface area contributed by atoms with Gasteiger partial charge in [-0.2, -0.15) is 0 Å². The van der Waals surface area contributed by atoms with Crippen molar-refractivity contribution in [2.75, 3.05) is 12.4 Å². The highest BCUT2D eigenvalue weighted by Gasteiger charge is 2.32. The van der Waals surface area contributed by atoms with Crippen LogP contribution < -0.4 is 5.32 Å². The van der Waals surface area contributed by atoms with Gasteiger partial charge in [0.25, 0.3) is 0 Å². The number of aromatic carboxylic acids is 1. The lowest BCUT2D eigenvalue weighted by Crippen LogP contribution is -2.06. The molecule has 1 aliphatic rings. The fraction of sp³-hybridized carbons (Fsp3) is 0.174. The summed E-state index contributed by atoms with van der Waals surface area (Å²) in [5.41, 5.74) is 4.76. The molecular formula is C23H22ClNO2S. The van der Waals surface area contributed by atoms with Crippen molar-refractivity contribution in [2.24, 2.45) is 0 Å². The number of aryl methyl sites for hydroxylation is 1. The third kappa shape index (κ3) is 4.13. The van der Waals surface area contributed by atoms with Crippen molar-refractivity contribution in [3.8, 4) is 0 Å². The molecular weight excluding hydrogens is 390 g/mol. The van der Waals surface area contributed by atoms with E-state index in [1.807, 2.05) is 48.5 Å². The minimum absolute atomic E-state index is 0.0862. The van der Waals surface area contributed by atoms with Crippen molar-refractivity contribution in [1.82, 2.24) is 0 Å². The lowest BCUT2D eigenvalue weighted by molar-refractivity contribution is 0.0697. The van der Waals surface area contributed by atoms with E-state index in [0.29, 0.717) is 14.9 Å². The molecule has 144 valence electrons. The maximum absolute atomic E-state index is 11.6. The van der Waals surface area contributed by atoms with E-state index in [1.54, 1.807) is 7.05 Å². The summed E-state index contributed by atoms with van der Waals surface area (Å²) in [6.45, 7) is 3.63. The molecule has 2 N–H and O–H groups in total. The topological polar surface area (TPSA) is 49.3 Å². The molecule has 0 saturated heterocycles. The first-order valence-corrected chi connectivity index (χ1v) is 10.2. The smallest absolute Gasteiger partial charge is 0.339 e. The van der Waals surface area contributed by atoms with Crippen LogP contribution in [0.3, 0.4) is 0 Å². The van der Waals surface area contributed by atoms with Gasteiger partial charge in [0.1, 0.15) is 5.00 Å². The van der Waals surface area contributed by atoms with Crippen LogP contribution >= 0.6 is 22.9 Å². The Morgan fingerprint density at radius 2 is 1.89 bits per heavy atom. The number of fused-ring (bicyclic) bond motifs is 1. The summed E-state index contributed by atoms with van der Waals surface area (Å²) in [5.74, 6) is -0.833. The summed E-state index contributed by atoms with van der Waals surface area (Å²) in [6.07, 6.45) is 3.72. The SMILES string of the molecule is C=Cc1ccccc1.CNc1sc(Cl)c(C2CCc3ccccc32)c1C(=O)O. The monoisotopic (exact) mass is 411 g/mol. The Hall–Kier alpha value is -2.56. The first-order chi connectivity index (χ1) is 13.6. The van der Waals surface area contributed by atoms with Gasteiger partial charge in [-0.05, 0) is 29.5 Å². The zero-order chi connectivity index (χ0) is 20.1. The molecule has 0 fully saturated rings. The van der Waals surface area contributed by atoms with Crippen molar-refractivity contribution >= 4 is 40.0 Å². The van der Waals surface area contributed by atoms with E-state index in [2.05, 4.69) is 24.0 Å². The van der Waals surface area contributed by atoms with Crippen LogP contribution in [-0.4, -0.2) is 18.1 Å². The van der Waals surface area contributed by atoms with Crippen LogP contribution in [0.15, 0.2) is 61.2 Å². The lowest BCUT2D eigenvalue weighted by Gasteiger charge is -2.13. The predicted octanol–water partition coefficient (Wildman–Crippen LogP) is 6.55. The Labute approximate surface area is 174 Å². The molecule has 1 atom stereocenters. The van der Waals surface area contributed by atoms with E-state index in [1.165, 1.54) is 28.0 Å². The van der Waals surface area contributed by atoms with Gasteiger partial charge in [-0.15, -0.1) is 11.3 Å². The maximum Gasteiger partial charge on any atom is 0.339 e. The Morgan fingerprint density at radius 1 is 1.21 bits per heavy atom. The number of thiophene rings is 1. The summed E-state index contributed by atoms with van der Waals surface area (Å²) < 4.78 is 0.577. The van der Waals surface area contributed by atoms with E-state index in [0.717, 1.165) is 18.4 Å². The molecule has 3 nitrogen and oxygen atoms in total. The second-order valence-corrected chi connectivity index (χ2v) is 8.08. The Morgan fingerprint density at radius 3 is 2.50 bits per heavy atom. The minimum Gasteiger partial charge on any atom is -0.478 e. The van der Waals surface area contributed by atoms with Crippen molar-refractivity contribution < 1.29 is 9.90 Å². The fourth-order valence-corrected chi connectivity index (χ4v) is 4.95. The number of hydrogen-bond acceptors (Lipinski definition) is 3. The Kier molecular flexibility index (Phi) is 6.55. The standard InChI is InChI=1S/C15H14ClNO2S.C8H8/c1-17-14-12(15(18)19)11(13(16)20-14)10-7-6-8-4-2-3-5-9(8)10;1-2-8-6-4-3-5-7-8/h2-5,10,17H,6-7H2,1H3,(H,18,19);2-7H,1H2. The lowest BCUT2D eigenvalue weighted by atomic mass is 9.92. The van der Waals surface area contributed by atoms with Gasteiger partial charge in [-0.25, -0.2) is 4.79 Å². The molecule has 2 aromatic carbocycles. The zero-order valence-corrected chi connectivity index (χ0v) is 17.2. The van der Waals surface area contributed by atoms with Gasteiger partial charge in [0.2, 0.25) is 0 Å². The summed E-state index contributed by atoms with van der Waals surface area (Å²) in [7, 11) is 1.72.